The predicted octanol–water partition coefficient (Wildman–Crippen LogP) is 11.6. The average molecular weight is 786 g/mol. The first-order valence-corrected chi connectivity index (χ1v) is 21.9. The van der Waals surface area contributed by atoms with Gasteiger partial charge in [0.15, 0.2) is 6.10 Å². The smallest absolute Gasteiger partial charge is 0.462 e. The summed E-state index contributed by atoms with van der Waals surface area (Å²) in [6.07, 6.45) is 52.9. The Morgan fingerprint density at radius 2 is 1.00 bits per heavy atom. The summed E-state index contributed by atoms with van der Waals surface area (Å²) in [4.78, 5) is 34.7. The van der Waals surface area contributed by atoms with Crippen LogP contribution < -0.4 is 5.73 Å². The van der Waals surface area contributed by atoms with E-state index in [1.807, 2.05) is 24.3 Å². The molecule has 3 N–H and O–H groups in total. The second-order valence-corrected chi connectivity index (χ2v) is 14.2. The first-order chi connectivity index (χ1) is 26.8. The Balaban J connectivity index is 4.45. The standard InChI is InChI=1S/C45H72NO8P/c1-3-5-7-9-11-13-15-17-19-20-21-22-24-26-28-30-32-34-36-38-45(48)54-43(42-53-55(49,50)52-40-39-46)41-51-44(47)37-35-33-31-29-27-25-23-18-16-14-12-10-8-6-4-2/h5,7,11,13,16-19,21-22,25-28,31-34,43H,3-4,6,8-10,12,14-15,20,23-24,29-30,35-42,46H2,1-2H3,(H,49,50)/b7-5-,13-11-,18-16-,19-17-,22-21-,27-25-,28-26-,33-31-,34-32-. The number of esters is 2. The molecule has 10 heteroatoms. The Morgan fingerprint density at radius 1 is 0.564 bits per heavy atom. The molecule has 55 heavy (non-hydrogen) atoms. The van der Waals surface area contributed by atoms with E-state index in [9.17, 15) is 19.0 Å². The topological polar surface area (TPSA) is 134 Å². The molecule has 0 aliphatic carbocycles. The second-order valence-electron chi connectivity index (χ2n) is 12.8. The molecule has 0 bridgehead atoms. The number of phosphoric acid groups is 1. The van der Waals surface area contributed by atoms with E-state index in [2.05, 4.69) is 98.9 Å². The van der Waals surface area contributed by atoms with Crippen LogP contribution in [0.2, 0.25) is 0 Å². The summed E-state index contributed by atoms with van der Waals surface area (Å²) < 4.78 is 32.5. The van der Waals surface area contributed by atoms with Gasteiger partial charge in [-0.25, -0.2) is 4.57 Å². The fourth-order valence-electron chi connectivity index (χ4n) is 4.69. The molecule has 310 valence electrons. The number of hydrogen-bond acceptors (Lipinski definition) is 8. The Bertz CT molecular complexity index is 1260. The lowest BCUT2D eigenvalue weighted by molar-refractivity contribution is -0.161. The largest absolute Gasteiger partial charge is 0.472 e. The van der Waals surface area contributed by atoms with E-state index < -0.39 is 32.5 Å². The van der Waals surface area contributed by atoms with Gasteiger partial charge in [0.05, 0.1) is 13.2 Å². The summed E-state index contributed by atoms with van der Waals surface area (Å²) in [5.74, 6) is -1.03. The van der Waals surface area contributed by atoms with Gasteiger partial charge >= 0.3 is 19.8 Å². The first-order valence-electron chi connectivity index (χ1n) is 20.4. The molecule has 0 radical (unpaired) electrons. The van der Waals surface area contributed by atoms with E-state index in [-0.39, 0.29) is 32.6 Å². The number of nitrogens with two attached hydrogens (primary N) is 1. The fourth-order valence-corrected chi connectivity index (χ4v) is 5.45. The summed E-state index contributed by atoms with van der Waals surface area (Å²) in [6, 6.07) is 0. The zero-order chi connectivity index (χ0) is 40.3. The number of carbonyl (C=O) groups excluding carboxylic acids is 2. The number of ether oxygens (including phenoxy) is 2. The van der Waals surface area contributed by atoms with Gasteiger partial charge in [0.25, 0.3) is 0 Å². The lowest BCUT2D eigenvalue weighted by Gasteiger charge is -2.19. The first kappa shape index (κ1) is 51.7. The number of hydrogen-bond donors (Lipinski definition) is 2. The van der Waals surface area contributed by atoms with E-state index in [4.69, 9.17) is 24.3 Å². The van der Waals surface area contributed by atoms with Crippen molar-refractivity contribution in [2.45, 2.75) is 136 Å². The Kier molecular flexibility index (Phi) is 37.9. The van der Waals surface area contributed by atoms with Gasteiger partial charge < -0.3 is 20.1 Å². The molecule has 0 fully saturated rings. The lowest BCUT2D eigenvalue weighted by Crippen LogP contribution is -2.29. The van der Waals surface area contributed by atoms with Crippen LogP contribution in [0.1, 0.15) is 129 Å². The molecule has 0 heterocycles. The highest BCUT2D eigenvalue weighted by Crippen LogP contribution is 2.43. The van der Waals surface area contributed by atoms with E-state index in [1.54, 1.807) is 0 Å². The number of carbonyl (C=O) groups is 2. The van der Waals surface area contributed by atoms with Crippen molar-refractivity contribution < 1.29 is 37.6 Å². The van der Waals surface area contributed by atoms with Crippen LogP contribution in [0.3, 0.4) is 0 Å². The van der Waals surface area contributed by atoms with Crippen molar-refractivity contribution in [1.82, 2.24) is 0 Å². The van der Waals surface area contributed by atoms with Crippen molar-refractivity contribution in [1.29, 1.82) is 0 Å². The minimum atomic E-state index is -4.42. The summed E-state index contributed by atoms with van der Waals surface area (Å²) in [5, 5.41) is 0. The lowest BCUT2D eigenvalue weighted by atomic mass is 10.1. The van der Waals surface area contributed by atoms with Crippen LogP contribution in [0.25, 0.3) is 0 Å². The SMILES string of the molecule is CC/C=C\C/C=C\C/C=C\C/C=C\C/C=C\C/C=C\CCC(=O)OC(COC(=O)CC/C=C\C/C=C\C/C=C\CCCCCCC)COP(=O)(O)OCCN. The summed E-state index contributed by atoms with van der Waals surface area (Å²) >= 11 is 0. The zero-order valence-corrected chi connectivity index (χ0v) is 34.7. The van der Waals surface area contributed by atoms with Gasteiger partial charge in [-0.2, -0.15) is 0 Å². The average Bonchev–Trinajstić information content (AvgIpc) is 3.17. The highest BCUT2D eigenvalue weighted by molar-refractivity contribution is 7.47. The molecule has 0 aliphatic rings. The van der Waals surface area contributed by atoms with Gasteiger partial charge in [-0.3, -0.25) is 18.6 Å². The summed E-state index contributed by atoms with van der Waals surface area (Å²) in [7, 11) is -4.42. The third kappa shape index (κ3) is 40.2. The molecule has 0 rings (SSSR count). The number of rotatable bonds is 36. The van der Waals surface area contributed by atoms with Crippen molar-refractivity contribution >= 4 is 19.8 Å². The Morgan fingerprint density at radius 3 is 1.47 bits per heavy atom. The van der Waals surface area contributed by atoms with Crippen LogP contribution in [0.15, 0.2) is 109 Å². The molecule has 0 aliphatic heterocycles. The minimum Gasteiger partial charge on any atom is -0.462 e. The van der Waals surface area contributed by atoms with Gasteiger partial charge in [0.2, 0.25) is 0 Å². The van der Waals surface area contributed by atoms with E-state index in [1.165, 1.54) is 32.1 Å². The quantitative estimate of drug-likeness (QED) is 0.0275. The third-order valence-corrected chi connectivity index (χ3v) is 8.65. The summed E-state index contributed by atoms with van der Waals surface area (Å²) in [5.41, 5.74) is 5.33. The molecule has 0 aromatic carbocycles. The molecule has 2 unspecified atom stereocenters. The van der Waals surface area contributed by atoms with Crippen LogP contribution in [0.4, 0.5) is 0 Å². The predicted molar refractivity (Wildman–Crippen MR) is 228 cm³/mol. The van der Waals surface area contributed by atoms with Crippen molar-refractivity contribution in [3.63, 3.8) is 0 Å². The van der Waals surface area contributed by atoms with Crippen LogP contribution in [-0.4, -0.2) is 49.3 Å². The van der Waals surface area contributed by atoms with Crippen LogP contribution >= 0.6 is 7.82 Å². The van der Waals surface area contributed by atoms with Gasteiger partial charge in [-0.05, 0) is 77.0 Å². The van der Waals surface area contributed by atoms with Gasteiger partial charge in [0.1, 0.15) is 6.61 Å². The molecule has 0 aromatic heterocycles. The molecule has 2 atom stereocenters. The number of phosphoric ester groups is 1. The van der Waals surface area contributed by atoms with E-state index in [0.29, 0.717) is 12.8 Å². The Labute approximate surface area is 333 Å². The maximum Gasteiger partial charge on any atom is 0.472 e. The van der Waals surface area contributed by atoms with Crippen LogP contribution in [0.5, 0.6) is 0 Å². The molecule has 9 nitrogen and oxygen atoms in total. The molecule has 0 saturated carbocycles. The summed E-state index contributed by atoms with van der Waals surface area (Å²) in [6.45, 7) is 3.40. The zero-order valence-electron chi connectivity index (χ0n) is 33.9. The van der Waals surface area contributed by atoms with Gasteiger partial charge in [-0.15, -0.1) is 0 Å². The molecule has 0 saturated heterocycles. The monoisotopic (exact) mass is 785 g/mol. The molecule has 0 spiro atoms. The molecule has 0 aromatic rings. The van der Waals surface area contributed by atoms with Gasteiger partial charge in [0, 0.05) is 19.4 Å². The normalized spacial score (nSPS) is 14.5. The van der Waals surface area contributed by atoms with E-state index in [0.717, 1.165) is 57.8 Å². The van der Waals surface area contributed by atoms with Crippen molar-refractivity contribution in [2.24, 2.45) is 5.73 Å². The Hall–Kier alpha value is -3.33. The molecular formula is C45H72NO8P. The molecular weight excluding hydrogens is 713 g/mol. The van der Waals surface area contributed by atoms with E-state index >= 15 is 0 Å². The third-order valence-electron chi connectivity index (χ3n) is 7.67. The van der Waals surface area contributed by atoms with Crippen LogP contribution in [0, 0.1) is 0 Å². The van der Waals surface area contributed by atoms with Crippen LogP contribution in [-0.2, 0) is 32.7 Å². The highest BCUT2D eigenvalue weighted by Gasteiger charge is 2.25. The van der Waals surface area contributed by atoms with Crippen molar-refractivity contribution in [3.05, 3.63) is 109 Å². The maximum atomic E-state index is 12.5. The molecule has 0 amide bonds. The fraction of sp³-hybridized carbons (Fsp3) is 0.556. The highest BCUT2D eigenvalue weighted by atomic mass is 31.2. The minimum absolute atomic E-state index is 0.0277. The van der Waals surface area contributed by atoms with Gasteiger partial charge in [-0.1, -0.05) is 149 Å². The number of unbranched alkanes of at least 4 members (excludes halogenated alkanes) is 5. The number of allylic oxidation sites excluding steroid dienone is 18. The second kappa shape index (κ2) is 40.3. The van der Waals surface area contributed by atoms with Crippen molar-refractivity contribution in [3.8, 4) is 0 Å². The van der Waals surface area contributed by atoms with Crippen molar-refractivity contribution in [2.75, 3.05) is 26.4 Å². The maximum absolute atomic E-state index is 12.5.